The number of nitrogens with two attached hydrogens (primary N) is 1. The number of hydrogen-bond acceptors (Lipinski definition) is 1. The van der Waals surface area contributed by atoms with Gasteiger partial charge in [0.1, 0.15) is 0 Å². The molecule has 1 heteroatoms. The molecule has 0 aromatic heterocycles. The predicted octanol–water partition coefficient (Wildman–Crippen LogP) is 1.77. The van der Waals surface area contributed by atoms with E-state index in [1.165, 1.54) is 25.7 Å². The summed E-state index contributed by atoms with van der Waals surface area (Å²) in [5.74, 6) is 4.45. The molecule has 5 atom stereocenters. The van der Waals surface area contributed by atoms with Gasteiger partial charge in [-0.05, 0) is 55.8 Å². The lowest BCUT2D eigenvalue weighted by Gasteiger charge is -2.58. The molecule has 2 N–H and O–H groups in total. The van der Waals surface area contributed by atoms with Crippen LogP contribution in [0.25, 0.3) is 0 Å². The molecule has 0 aliphatic heterocycles. The van der Waals surface area contributed by atoms with Crippen LogP contribution in [0.3, 0.4) is 0 Å². The van der Waals surface area contributed by atoms with Crippen molar-refractivity contribution in [3.8, 4) is 0 Å². The zero-order chi connectivity index (χ0) is 7.42. The third kappa shape index (κ3) is 0.752. The van der Waals surface area contributed by atoms with Crippen molar-refractivity contribution in [2.24, 2.45) is 29.4 Å². The molecule has 0 aromatic rings. The van der Waals surface area contributed by atoms with Crippen LogP contribution in [-0.2, 0) is 0 Å². The van der Waals surface area contributed by atoms with Crippen LogP contribution in [0.4, 0.5) is 0 Å². The summed E-state index contributed by atoms with van der Waals surface area (Å²) in [5.41, 5.74) is 6.00. The minimum absolute atomic E-state index is 0.548. The molecule has 0 radical (unpaired) electrons. The van der Waals surface area contributed by atoms with Gasteiger partial charge in [-0.3, -0.25) is 0 Å². The van der Waals surface area contributed by atoms with Gasteiger partial charge in [0.2, 0.25) is 0 Å². The zero-order valence-corrected chi connectivity index (χ0v) is 7.00. The summed E-state index contributed by atoms with van der Waals surface area (Å²) in [6, 6.07) is 0.548. The molecule has 3 saturated carbocycles. The van der Waals surface area contributed by atoms with Crippen LogP contribution in [0.2, 0.25) is 0 Å². The predicted molar refractivity (Wildman–Crippen MR) is 45.0 cm³/mol. The van der Waals surface area contributed by atoms with Gasteiger partial charge in [-0.1, -0.05) is 0 Å². The van der Waals surface area contributed by atoms with E-state index in [0.717, 1.165) is 23.7 Å². The van der Waals surface area contributed by atoms with Crippen LogP contribution >= 0.6 is 0 Å². The van der Waals surface area contributed by atoms with Crippen molar-refractivity contribution < 1.29 is 0 Å². The van der Waals surface area contributed by atoms with Crippen molar-refractivity contribution in [3.05, 3.63) is 0 Å². The fourth-order valence-corrected chi connectivity index (χ4v) is 3.76. The summed E-state index contributed by atoms with van der Waals surface area (Å²) in [4.78, 5) is 0. The van der Waals surface area contributed by atoms with Gasteiger partial charge in [0.15, 0.2) is 0 Å². The summed E-state index contributed by atoms with van der Waals surface area (Å²) in [6.45, 7) is 0. The van der Waals surface area contributed by atoms with Crippen molar-refractivity contribution in [2.75, 3.05) is 0 Å². The summed E-state index contributed by atoms with van der Waals surface area (Å²) < 4.78 is 0. The van der Waals surface area contributed by atoms with Crippen LogP contribution in [0.1, 0.15) is 32.1 Å². The van der Waals surface area contributed by atoms with Crippen LogP contribution in [0, 0.1) is 23.7 Å². The van der Waals surface area contributed by atoms with Crippen molar-refractivity contribution in [2.45, 2.75) is 38.1 Å². The molecule has 3 aliphatic carbocycles. The fraction of sp³-hybridized carbons (Fsp3) is 1.00. The average molecular weight is 151 g/mol. The first-order valence-corrected chi connectivity index (χ1v) is 5.10. The third-order valence-electron chi connectivity index (χ3n) is 4.36. The second kappa shape index (κ2) is 2.01. The first-order chi connectivity index (χ1) is 5.34. The molecule has 2 unspecified atom stereocenters. The van der Waals surface area contributed by atoms with E-state index in [2.05, 4.69) is 0 Å². The quantitative estimate of drug-likeness (QED) is 0.561. The molecule has 3 fully saturated rings. The maximum atomic E-state index is 6.00. The van der Waals surface area contributed by atoms with Crippen molar-refractivity contribution in [1.29, 1.82) is 0 Å². The lowest BCUT2D eigenvalue weighted by atomic mass is 9.47. The third-order valence-corrected chi connectivity index (χ3v) is 4.36. The van der Waals surface area contributed by atoms with Crippen molar-refractivity contribution >= 4 is 0 Å². The van der Waals surface area contributed by atoms with Gasteiger partial charge < -0.3 is 5.73 Å². The number of rotatable bonds is 0. The smallest absolute Gasteiger partial charge is 0.00416 e. The highest BCUT2D eigenvalue weighted by atomic mass is 14.7. The molecule has 1 nitrogen and oxygen atoms in total. The van der Waals surface area contributed by atoms with E-state index in [1.807, 2.05) is 0 Å². The van der Waals surface area contributed by atoms with Gasteiger partial charge in [-0.25, -0.2) is 0 Å². The molecule has 3 aliphatic rings. The van der Waals surface area contributed by atoms with E-state index in [9.17, 15) is 0 Å². The maximum absolute atomic E-state index is 6.00. The van der Waals surface area contributed by atoms with Crippen LogP contribution in [0.5, 0.6) is 0 Å². The fourth-order valence-electron chi connectivity index (χ4n) is 3.76. The highest BCUT2D eigenvalue weighted by molar-refractivity contribution is 5.04. The standard InChI is InChI=1S/C10H17N/c11-9-2-1-6-3-7-4-8(5-9)10(6)7/h6-10H,1-5,11H2/t6-,7?,8+,9+,10?/m0/s1. The van der Waals surface area contributed by atoms with E-state index >= 15 is 0 Å². The largest absolute Gasteiger partial charge is 0.328 e. The Morgan fingerprint density at radius 2 is 1.55 bits per heavy atom. The molecule has 11 heavy (non-hydrogen) atoms. The molecule has 0 aromatic carbocycles. The van der Waals surface area contributed by atoms with Crippen molar-refractivity contribution in [1.82, 2.24) is 0 Å². The van der Waals surface area contributed by atoms with Gasteiger partial charge >= 0.3 is 0 Å². The summed E-state index contributed by atoms with van der Waals surface area (Å²) >= 11 is 0. The Bertz CT molecular complexity index is 178. The Morgan fingerprint density at radius 3 is 2.36 bits per heavy atom. The average Bonchev–Trinajstić information content (AvgIpc) is 2.05. The minimum Gasteiger partial charge on any atom is -0.328 e. The maximum Gasteiger partial charge on any atom is 0.00416 e. The second-order valence-electron chi connectivity index (χ2n) is 4.90. The highest BCUT2D eigenvalue weighted by Gasteiger charge is 2.54. The molecule has 0 heterocycles. The molecular formula is C10H17N. The minimum atomic E-state index is 0.548. The zero-order valence-electron chi connectivity index (χ0n) is 7.00. The molecule has 0 bridgehead atoms. The summed E-state index contributed by atoms with van der Waals surface area (Å²) in [7, 11) is 0. The van der Waals surface area contributed by atoms with E-state index in [4.69, 9.17) is 5.73 Å². The lowest BCUT2D eigenvalue weighted by Crippen LogP contribution is -2.50. The highest BCUT2D eigenvalue weighted by Crippen LogP contribution is 2.61. The molecule has 3 rings (SSSR count). The first kappa shape index (κ1) is 6.47. The van der Waals surface area contributed by atoms with Gasteiger partial charge in [0, 0.05) is 6.04 Å². The normalized spacial score (nSPS) is 60.3. The Labute approximate surface area is 68.3 Å². The van der Waals surface area contributed by atoms with E-state index in [0.29, 0.717) is 6.04 Å². The number of hydrogen-bond donors (Lipinski definition) is 1. The SMILES string of the molecule is N[C@@H]1CC[C@H]2CC3C[C@H](C1)C32. The molecular weight excluding hydrogens is 134 g/mol. The van der Waals surface area contributed by atoms with Crippen LogP contribution < -0.4 is 5.73 Å². The Kier molecular flexibility index (Phi) is 1.18. The molecule has 62 valence electrons. The molecule has 0 amide bonds. The Hall–Kier alpha value is -0.0400. The van der Waals surface area contributed by atoms with Gasteiger partial charge in [-0.15, -0.1) is 0 Å². The molecule has 0 saturated heterocycles. The lowest BCUT2D eigenvalue weighted by molar-refractivity contribution is -0.0859. The van der Waals surface area contributed by atoms with E-state index < -0.39 is 0 Å². The Morgan fingerprint density at radius 1 is 0.818 bits per heavy atom. The summed E-state index contributed by atoms with van der Waals surface area (Å²) in [6.07, 6.45) is 7.17. The monoisotopic (exact) mass is 151 g/mol. The van der Waals surface area contributed by atoms with Crippen LogP contribution in [0.15, 0.2) is 0 Å². The van der Waals surface area contributed by atoms with Gasteiger partial charge in [0.05, 0.1) is 0 Å². The second-order valence-corrected chi connectivity index (χ2v) is 4.90. The topological polar surface area (TPSA) is 26.0 Å². The van der Waals surface area contributed by atoms with Crippen LogP contribution in [-0.4, -0.2) is 6.04 Å². The van der Waals surface area contributed by atoms with E-state index in [-0.39, 0.29) is 0 Å². The Balaban J connectivity index is 1.77. The van der Waals surface area contributed by atoms with Gasteiger partial charge in [0.25, 0.3) is 0 Å². The summed E-state index contributed by atoms with van der Waals surface area (Å²) in [5, 5.41) is 0. The first-order valence-electron chi connectivity index (χ1n) is 5.10. The van der Waals surface area contributed by atoms with Gasteiger partial charge in [-0.2, -0.15) is 0 Å². The van der Waals surface area contributed by atoms with E-state index in [1.54, 1.807) is 6.42 Å². The van der Waals surface area contributed by atoms with Crippen molar-refractivity contribution in [3.63, 3.8) is 0 Å². The molecule has 0 spiro atoms.